The summed E-state index contributed by atoms with van der Waals surface area (Å²) >= 11 is 3.16. The first-order chi connectivity index (χ1) is 9.49. The Bertz CT molecular complexity index is 731. The van der Waals surface area contributed by atoms with Crippen LogP contribution >= 0.6 is 15.9 Å². The molecule has 0 bridgehead atoms. The Balaban J connectivity index is 2.12. The Kier molecular flexibility index (Phi) is 4.41. The molecule has 0 spiro atoms. The van der Waals surface area contributed by atoms with Gasteiger partial charge in [0.25, 0.3) is 10.0 Å². The quantitative estimate of drug-likeness (QED) is 0.653. The van der Waals surface area contributed by atoms with Gasteiger partial charge in [0.15, 0.2) is 0 Å². The molecule has 2 aromatic rings. The van der Waals surface area contributed by atoms with Crippen molar-refractivity contribution in [2.24, 2.45) is 5.10 Å². The van der Waals surface area contributed by atoms with E-state index in [1.54, 1.807) is 30.3 Å². The second-order valence-electron chi connectivity index (χ2n) is 3.88. The number of phenols is 1. The molecule has 0 aliphatic carbocycles. The fourth-order valence-corrected chi connectivity index (χ4v) is 2.63. The van der Waals surface area contributed by atoms with Crippen molar-refractivity contribution >= 4 is 32.2 Å². The van der Waals surface area contributed by atoms with Gasteiger partial charge in [0.05, 0.1) is 15.6 Å². The summed E-state index contributed by atoms with van der Waals surface area (Å²) in [6, 6.07) is 12.7. The molecule has 2 aromatic carbocycles. The van der Waals surface area contributed by atoms with Crippen molar-refractivity contribution in [2.75, 3.05) is 0 Å². The molecule has 7 heteroatoms. The standard InChI is InChI=1S/C13H11BrN2O3S/c14-12-8-10(6-7-13(12)17)9-15-16-20(18,19)11-4-2-1-3-5-11/h1-9,16-17H/b15-9+. The lowest BCUT2D eigenvalue weighted by atomic mass is 10.2. The van der Waals surface area contributed by atoms with E-state index in [1.807, 2.05) is 0 Å². The molecule has 0 fully saturated rings. The predicted molar refractivity (Wildman–Crippen MR) is 80.2 cm³/mol. The summed E-state index contributed by atoms with van der Waals surface area (Å²) in [6.45, 7) is 0. The van der Waals surface area contributed by atoms with Gasteiger partial charge in [0.2, 0.25) is 0 Å². The Morgan fingerprint density at radius 2 is 1.85 bits per heavy atom. The fraction of sp³-hybridized carbons (Fsp3) is 0. The number of hydrazone groups is 1. The largest absolute Gasteiger partial charge is 0.507 e. The van der Waals surface area contributed by atoms with Gasteiger partial charge in [0.1, 0.15) is 5.75 Å². The van der Waals surface area contributed by atoms with Gasteiger partial charge < -0.3 is 5.11 Å². The van der Waals surface area contributed by atoms with Crippen LogP contribution in [0.25, 0.3) is 0 Å². The molecule has 0 aromatic heterocycles. The number of hydrogen-bond acceptors (Lipinski definition) is 4. The number of rotatable bonds is 4. The zero-order valence-electron chi connectivity index (χ0n) is 10.2. The number of hydrogen-bond donors (Lipinski definition) is 2. The molecule has 2 N–H and O–H groups in total. The monoisotopic (exact) mass is 354 g/mol. The molecular weight excluding hydrogens is 344 g/mol. The first-order valence-electron chi connectivity index (χ1n) is 5.57. The molecule has 0 amide bonds. The normalized spacial score (nSPS) is 11.7. The van der Waals surface area contributed by atoms with Gasteiger partial charge >= 0.3 is 0 Å². The third-order valence-electron chi connectivity index (χ3n) is 2.41. The van der Waals surface area contributed by atoms with E-state index in [9.17, 15) is 13.5 Å². The highest BCUT2D eigenvalue weighted by molar-refractivity contribution is 9.10. The Hall–Kier alpha value is -1.86. The van der Waals surface area contributed by atoms with E-state index in [2.05, 4.69) is 25.9 Å². The maximum Gasteiger partial charge on any atom is 0.276 e. The number of benzene rings is 2. The van der Waals surface area contributed by atoms with Gasteiger partial charge in [-0.15, -0.1) is 0 Å². The van der Waals surface area contributed by atoms with Crippen LogP contribution in [-0.2, 0) is 10.0 Å². The lowest BCUT2D eigenvalue weighted by Gasteiger charge is -2.02. The molecule has 0 aliphatic heterocycles. The molecule has 2 rings (SSSR count). The number of sulfonamides is 1. The Labute approximate surface area is 125 Å². The summed E-state index contributed by atoms with van der Waals surface area (Å²) < 4.78 is 24.2. The van der Waals surface area contributed by atoms with Gasteiger partial charge in [-0.05, 0) is 51.8 Å². The Morgan fingerprint density at radius 1 is 1.15 bits per heavy atom. The highest BCUT2D eigenvalue weighted by Gasteiger charge is 2.10. The van der Waals surface area contributed by atoms with Crippen molar-refractivity contribution < 1.29 is 13.5 Å². The zero-order chi connectivity index (χ0) is 14.6. The molecular formula is C13H11BrN2O3S. The van der Waals surface area contributed by atoms with Gasteiger partial charge in [0, 0.05) is 0 Å². The maximum absolute atomic E-state index is 11.9. The topological polar surface area (TPSA) is 78.8 Å². The molecule has 0 heterocycles. The van der Waals surface area contributed by atoms with Crippen molar-refractivity contribution in [1.82, 2.24) is 4.83 Å². The second-order valence-corrected chi connectivity index (χ2v) is 6.39. The van der Waals surface area contributed by atoms with E-state index in [4.69, 9.17) is 0 Å². The van der Waals surface area contributed by atoms with Crippen LogP contribution in [0.2, 0.25) is 0 Å². The van der Waals surface area contributed by atoms with Gasteiger partial charge in [-0.2, -0.15) is 13.5 Å². The van der Waals surface area contributed by atoms with Crippen LogP contribution in [0.15, 0.2) is 63.0 Å². The smallest absolute Gasteiger partial charge is 0.276 e. The highest BCUT2D eigenvalue weighted by Crippen LogP contribution is 2.23. The van der Waals surface area contributed by atoms with Crippen LogP contribution in [0.3, 0.4) is 0 Å². The SMILES string of the molecule is O=S(=O)(N/N=C/c1ccc(O)c(Br)c1)c1ccccc1. The van der Waals surface area contributed by atoms with Crippen LogP contribution in [0.4, 0.5) is 0 Å². The average molecular weight is 355 g/mol. The third kappa shape index (κ3) is 3.58. The van der Waals surface area contributed by atoms with E-state index >= 15 is 0 Å². The summed E-state index contributed by atoms with van der Waals surface area (Å²) in [5.41, 5.74) is 0.644. The van der Waals surface area contributed by atoms with Crippen LogP contribution in [0.5, 0.6) is 5.75 Å². The number of phenolic OH excluding ortho intramolecular Hbond substituents is 1. The van der Waals surface area contributed by atoms with E-state index in [0.29, 0.717) is 10.0 Å². The van der Waals surface area contributed by atoms with Crippen molar-refractivity contribution in [3.8, 4) is 5.75 Å². The van der Waals surface area contributed by atoms with Crippen LogP contribution in [-0.4, -0.2) is 19.7 Å². The number of aromatic hydroxyl groups is 1. The van der Waals surface area contributed by atoms with E-state index in [0.717, 1.165) is 0 Å². The first-order valence-corrected chi connectivity index (χ1v) is 7.85. The number of nitrogens with zero attached hydrogens (tertiary/aromatic N) is 1. The molecule has 0 saturated heterocycles. The maximum atomic E-state index is 11.9. The lowest BCUT2D eigenvalue weighted by molar-refractivity contribution is 0.472. The van der Waals surface area contributed by atoms with E-state index in [1.165, 1.54) is 24.4 Å². The zero-order valence-corrected chi connectivity index (χ0v) is 12.6. The molecule has 0 atom stereocenters. The lowest BCUT2D eigenvalue weighted by Crippen LogP contribution is -2.18. The fourth-order valence-electron chi connectivity index (χ4n) is 1.43. The second kappa shape index (κ2) is 6.06. The van der Waals surface area contributed by atoms with Crippen molar-refractivity contribution in [3.05, 3.63) is 58.6 Å². The summed E-state index contributed by atoms with van der Waals surface area (Å²) in [7, 11) is -3.66. The van der Waals surface area contributed by atoms with Crippen LogP contribution < -0.4 is 4.83 Å². The molecule has 0 radical (unpaired) electrons. The predicted octanol–water partition coefficient (Wildman–Crippen LogP) is 2.47. The highest BCUT2D eigenvalue weighted by atomic mass is 79.9. The van der Waals surface area contributed by atoms with Gasteiger partial charge in [-0.3, -0.25) is 0 Å². The molecule has 0 saturated carbocycles. The van der Waals surface area contributed by atoms with Gasteiger partial charge in [-0.25, -0.2) is 4.83 Å². The van der Waals surface area contributed by atoms with Crippen molar-refractivity contribution in [2.45, 2.75) is 4.90 Å². The van der Waals surface area contributed by atoms with Crippen molar-refractivity contribution in [3.63, 3.8) is 0 Å². The summed E-state index contributed by atoms with van der Waals surface area (Å²) in [6.07, 6.45) is 1.35. The Morgan fingerprint density at radius 3 is 2.50 bits per heavy atom. The molecule has 20 heavy (non-hydrogen) atoms. The molecule has 5 nitrogen and oxygen atoms in total. The molecule has 0 unspecified atom stereocenters. The minimum Gasteiger partial charge on any atom is -0.507 e. The average Bonchev–Trinajstić information content (AvgIpc) is 2.44. The number of nitrogens with one attached hydrogen (secondary N) is 1. The van der Waals surface area contributed by atoms with Gasteiger partial charge in [-0.1, -0.05) is 18.2 Å². The minimum absolute atomic E-state index is 0.104. The summed E-state index contributed by atoms with van der Waals surface area (Å²) in [5.74, 6) is 0.104. The molecule has 104 valence electrons. The van der Waals surface area contributed by atoms with E-state index < -0.39 is 10.0 Å². The number of halogens is 1. The van der Waals surface area contributed by atoms with Crippen LogP contribution in [0.1, 0.15) is 5.56 Å². The van der Waals surface area contributed by atoms with E-state index in [-0.39, 0.29) is 10.6 Å². The minimum atomic E-state index is -3.66. The summed E-state index contributed by atoms with van der Waals surface area (Å²) in [4.78, 5) is 2.26. The van der Waals surface area contributed by atoms with Crippen LogP contribution in [0, 0.1) is 0 Å². The van der Waals surface area contributed by atoms with Crippen molar-refractivity contribution in [1.29, 1.82) is 0 Å². The summed E-state index contributed by atoms with van der Waals surface area (Å²) in [5, 5.41) is 13.0. The third-order valence-corrected chi connectivity index (χ3v) is 4.29. The first kappa shape index (κ1) is 14.5. The molecule has 0 aliphatic rings.